The van der Waals surface area contributed by atoms with Crippen LogP contribution < -0.4 is 5.30 Å². The van der Waals surface area contributed by atoms with E-state index in [-0.39, 0.29) is 30.3 Å². The van der Waals surface area contributed by atoms with E-state index in [2.05, 4.69) is 25.1 Å². The van der Waals surface area contributed by atoms with Crippen molar-refractivity contribution >= 4 is 24.5 Å². The molecular weight excluding hydrogens is 567 g/mol. The summed E-state index contributed by atoms with van der Waals surface area (Å²) in [6.07, 6.45) is 15.6. The number of fused-ring (bicyclic) bond motifs is 4. The Morgan fingerprint density at radius 1 is 0.886 bits per heavy atom. The van der Waals surface area contributed by atoms with Crippen LogP contribution in [0, 0.1) is 17.3 Å². The fourth-order valence-corrected chi connectivity index (χ4v) is 10.0. The van der Waals surface area contributed by atoms with E-state index in [1.54, 1.807) is 0 Å². The van der Waals surface area contributed by atoms with Gasteiger partial charge in [0.1, 0.15) is 5.78 Å². The first-order chi connectivity index (χ1) is 21.3. The van der Waals surface area contributed by atoms with Gasteiger partial charge in [-0.25, -0.2) is 0 Å². The summed E-state index contributed by atoms with van der Waals surface area (Å²) in [6.45, 7) is 2.64. The molecule has 7 rings (SSSR count). The van der Waals surface area contributed by atoms with Crippen LogP contribution in [0.5, 0.6) is 0 Å². The van der Waals surface area contributed by atoms with Crippen molar-refractivity contribution in [3.63, 3.8) is 0 Å². The summed E-state index contributed by atoms with van der Waals surface area (Å²) < 4.78 is 26.7. The minimum atomic E-state index is -3.64. The Bertz CT molecular complexity index is 1630. The van der Waals surface area contributed by atoms with Crippen molar-refractivity contribution in [2.45, 2.75) is 77.2 Å². The van der Waals surface area contributed by atoms with E-state index in [0.717, 1.165) is 61.6 Å². The Kier molecular flexibility index (Phi) is 8.07. The maximum Gasteiger partial charge on any atom is 0.361 e. The molecule has 2 aromatic rings. The van der Waals surface area contributed by atoms with Gasteiger partial charge < -0.3 is 9.05 Å². The molecule has 6 heteroatoms. The molecule has 5 aliphatic rings. The average molecular weight is 609 g/mol. The van der Waals surface area contributed by atoms with Crippen LogP contribution in [0.2, 0.25) is 0 Å². The van der Waals surface area contributed by atoms with Gasteiger partial charge in [0.15, 0.2) is 5.78 Å². The minimum absolute atomic E-state index is 0.0916. The van der Waals surface area contributed by atoms with Crippen LogP contribution >= 0.6 is 7.60 Å². The van der Waals surface area contributed by atoms with Crippen LogP contribution in [0.3, 0.4) is 0 Å². The van der Waals surface area contributed by atoms with Crippen LogP contribution in [0.15, 0.2) is 101 Å². The van der Waals surface area contributed by atoms with Crippen molar-refractivity contribution in [3.8, 4) is 0 Å². The monoisotopic (exact) mass is 608 g/mol. The number of hydrogen-bond acceptors (Lipinski definition) is 5. The predicted octanol–water partition coefficient (Wildman–Crippen LogP) is 8.48. The minimum Gasteiger partial charge on any atom is -0.301 e. The molecule has 0 spiro atoms. The highest BCUT2D eigenvalue weighted by molar-refractivity contribution is 7.62. The second-order valence-electron chi connectivity index (χ2n) is 13.4. The molecule has 5 atom stereocenters. The van der Waals surface area contributed by atoms with Gasteiger partial charge >= 0.3 is 7.60 Å². The van der Waals surface area contributed by atoms with Crippen molar-refractivity contribution in [1.29, 1.82) is 0 Å². The van der Waals surface area contributed by atoms with Crippen molar-refractivity contribution in [2.75, 3.05) is 6.61 Å². The smallest absolute Gasteiger partial charge is 0.301 e. The molecule has 0 aromatic heterocycles. The van der Waals surface area contributed by atoms with E-state index < -0.39 is 7.60 Å². The summed E-state index contributed by atoms with van der Waals surface area (Å²) in [5.41, 5.74) is 6.87. The van der Waals surface area contributed by atoms with Crippen molar-refractivity contribution < 1.29 is 23.2 Å². The molecule has 2 saturated carbocycles. The molecule has 0 heterocycles. The fourth-order valence-electron chi connectivity index (χ4n) is 8.48. The number of hydrogen-bond donors (Lipinski definition) is 0. The third-order valence-corrected chi connectivity index (χ3v) is 12.7. The highest BCUT2D eigenvalue weighted by Gasteiger charge is 2.56. The van der Waals surface area contributed by atoms with Gasteiger partial charge in [0.2, 0.25) is 0 Å². The first-order valence-corrected chi connectivity index (χ1v) is 17.8. The molecule has 228 valence electrons. The van der Waals surface area contributed by atoms with Gasteiger partial charge in [0, 0.05) is 24.2 Å². The molecule has 5 nitrogen and oxygen atoms in total. The lowest BCUT2D eigenvalue weighted by Crippen LogP contribution is -2.43. The normalized spacial score (nSPS) is 29.3. The van der Waals surface area contributed by atoms with Crippen molar-refractivity contribution in [3.05, 3.63) is 112 Å². The molecule has 44 heavy (non-hydrogen) atoms. The van der Waals surface area contributed by atoms with Crippen LogP contribution in [0.25, 0.3) is 0 Å². The zero-order valence-electron chi connectivity index (χ0n) is 25.5. The quantitative estimate of drug-likeness (QED) is 0.281. The van der Waals surface area contributed by atoms with Crippen LogP contribution in [-0.2, 0) is 29.8 Å². The number of ketones is 2. The molecular formula is C38H41O5P. The number of rotatable bonds is 8. The molecule has 0 N–H and O–H groups in total. The molecule has 0 radical (unpaired) electrons. The van der Waals surface area contributed by atoms with Gasteiger partial charge in [-0.15, -0.1) is 0 Å². The maximum atomic E-state index is 14.4. The Morgan fingerprint density at radius 2 is 1.68 bits per heavy atom. The third-order valence-electron chi connectivity index (χ3n) is 10.8. The number of allylic oxidation sites excluding steroid dienone is 7. The van der Waals surface area contributed by atoms with Crippen LogP contribution in [-0.4, -0.2) is 18.2 Å². The topological polar surface area (TPSA) is 69.7 Å². The number of carbonyl (C=O) groups excluding carboxylic acids is 2. The number of benzene rings is 2. The summed E-state index contributed by atoms with van der Waals surface area (Å²) in [6, 6.07) is 17.7. The zero-order chi connectivity index (χ0) is 30.3. The van der Waals surface area contributed by atoms with Crippen molar-refractivity contribution in [2.24, 2.45) is 17.3 Å². The highest BCUT2D eigenvalue weighted by Crippen LogP contribution is 2.62. The lowest BCUT2D eigenvalue weighted by atomic mass is 9.53. The summed E-state index contributed by atoms with van der Waals surface area (Å²) in [7, 11) is -3.64. The standard InChI is InChI=1S/C38H41O5P/c1-38-23-34(37-32-19-15-30(39)22-29(32)14-18-33(37)35(38)20-21-36(38)40)28-12-16-31(17-13-28)44(41,42-24-26-8-4-2-5-9-26)43-25-27-10-6-3-7-11-27/h2-6,8-10,12-13,16-17,22,33-35H,7,11,14-15,18-21,23-25H2,1H3/t33-,34+,35-,38-,44?/m0/s1. The SMILES string of the molecule is C[C@]12C[C@H](c3ccc(P(=O)(OCC4=CC=CCC4)OCc4ccccc4)cc3)C3=C4CCC(=O)C=C4CC[C@H]3[C@@H]1CCC2=O. The summed E-state index contributed by atoms with van der Waals surface area (Å²) >= 11 is 0. The van der Waals surface area contributed by atoms with Crippen LogP contribution in [0.4, 0.5) is 0 Å². The Balaban J connectivity index is 1.23. The fraction of sp³-hybridized carbons (Fsp3) is 0.421. The molecule has 2 fully saturated rings. The summed E-state index contributed by atoms with van der Waals surface area (Å²) in [5, 5.41) is 0.544. The first kappa shape index (κ1) is 29.6. The first-order valence-electron chi connectivity index (χ1n) is 16.2. The maximum absolute atomic E-state index is 14.4. The largest absolute Gasteiger partial charge is 0.361 e. The number of Topliss-reactive ketones (excluding diaryl/α,β-unsaturated/α-hetero) is 1. The van der Waals surface area contributed by atoms with Gasteiger partial charge in [-0.2, -0.15) is 0 Å². The van der Waals surface area contributed by atoms with E-state index >= 15 is 0 Å². The summed E-state index contributed by atoms with van der Waals surface area (Å²) in [5.74, 6) is 1.45. The Labute approximate surface area is 260 Å². The van der Waals surface area contributed by atoms with E-state index in [1.165, 1.54) is 16.7 Å². The van der Waals surface area contributed by atoms with E-state index in [9.17, 15) is 14.2 Å². The molecule has 0 saturated heterocycles. The lowest BCUT2D eigenvalue weighted by Gasteiger charge is -2.50. The third kappa shape index (κ3) is 5.49. The van der Waals surface area contributed by atoms with Gasteiger partial charge in [-0.3, -0.25) is 14.2 Å². The molecule has 0 aliphatic heterocycles. The van der Waals surface area contributed by atoms with Gasteiger partial charge in [-0.05, 0) is 103 Å². The zero-order valence-corrected chi connectivity index (χ0v) is 26.4. The van der Waals surface area contributed by atoms with Gasteiger partial charge in [0.05, 0.1) is 18.5 Å². The van der Waals surface area contributed by atoms with E-state index in [0.29, 0.717) is 35.8 Å². The average Bonchev–Trinajstić information content (AvgIpc) is 3.36. The molecule has 0 bridgehead atoms. The highest BCUT2D eigenvalue weighted by atomic mass is 31.2. The predicted molar refractivity (Wildman–Crippen MR) is 173 cm³/mol. The molecule has 1 unspecified atom stereocenters. The van der Waals surface area contributed by atoms with E-state index in [1.807, 2.05) is 60.7 Å². The molecule has 5 aliphatic carbocycles. The van der Waals surface area contributed by atoms with Crippen molar-refractivity contribution in [1.82, 2.24) is 0 Å². The molecule has 0 amide bonds. The second-order valence-corrected chi connectivity index (χ2v) is 15.4. The van der Waals surface area contributed by atoms with Gasteiger partial charge in [-0.1, -0.05) is 73.2 Å². The molecule has 2 aromatic carbocycles. The second kappa shape index (κ2) is 12.0. The van der Waals surface area contributed by atoms with Crippen LogP contribution in [0.1, 0.15) is 81.8 Å². The number of carbonyl (C=O) groups is 2. The Morgan fingerprint density at radius 3 is 2.45 bits per heavy atom. The van der Waals surface area contributed by atoms with E-state index in [4.69, 9.17) is 9.05 Å². The summed E-state index contributed by atoms with van der Waals surface area (Å²) in [4.78, 5) is 25.7. The van der Waals surface area contributed by atoms with Gasteiger partial charge in [0.25, 0.3) is 0 Å². The lowest BCUT2D eigenvalue weighted by molar-refractivity contribution is -0.128. The Hall–Kier alpha value is -3.11.